The van der Waals surface area contributed by atoms with E-state index in [1.165, 1.54) is 0 Å². The number of nitrogens with two attached hydrogens (primary N) is 1. The number of aliphatic hydroxyl groups excluding tert-OH is 1. The van der Waals surface area contributed by atoms with Crippen LogP contribution in [0, 0.1) is 5.41 Å². The third kappa shape index (κ3) is 1.65. The van der Waals surface area contributed by atoms with Crippen molar-refractivity contribution in [2.24, 2.45) is 11.1 Å². The van der Waals surface area contributed by atoms with Gasteiger partial charge in [0.2, 0.25) is 0 Å². The SMILES string of the molecule is NCC1(CO)CCSCC1. The molecule has 3 N–H and O–H groups in total. The first kappa shape index (κ1) is 8.37. The molecule has 0 bridgehead atoms. The van der Waals surface area contributed by atoms with Crippen LogP contribution in [0.5, 0.6) is 0 Å². The maximum Gasteiger partial charge on any atom is 0.0500 e. The molecule has 0 saturated carbocycles. The maximum absolute atomic E-state index is 9.05. The van der Waals surface area contributed by atoms with Crippen molar-refractivity contribution in [2.75, 3.05) is 24.7 Å². The molecule has 0 unspecified atom stereocenters. The average Bonchev–Trinajstić information content (AvgIpc) is 2.06. The van der Waals surface area contributed by atoms with Gasteiger partial charge in [-0.15, -0.1) is 0 Å². The first-order chi connectivity index (χ1) is 4.83. The quantitative estimate of drug-likeness (QED) is 0.618. The lowest BCUT2D eigenvalue weighted by molar-refractivity contribution is 0.122. The lowest BCUT2D eigenvalue weighted by Gasteiger charge is -2.33. The van der Waals surface area contributed by atoms with Crippen LogP contribution in [0.3, 0.4) is 0 Å². The summed E-state index contributed by atoms with van der Waals surface area (Å²) in [6.07, 6.45) is 2.18. The van der Waals surface area contributed by atoms with E-state index in [1.54, 1.807) is 0 Å². The zero-order valence-electron chi connectivity index (χ0n) is 6.18. The summed E-state index contributed by atoms with van der Waals surface area (Å²) in [4.78, 5) is 0. The molecule has 1 saturated heterocycles. The molecule has 0 amide bonds. The number of aliphatic hydroxyl groups is 1. The molecule has 0 aliphatic carbocycles. The molecule has 0 aromatic heterocycles. The van der Waals surface area contributed by atoms with Gasteiger partial charge in [0.15, 0.2) is 0 Å². The fourth-order valence-corrected chi connectivity index (χ4v) is 2.59. The van der Waals surface area contributed by atoms with Crippen LogP contribution < -0.4 is 5.73 Å². The van der Waals surface area contributed by atoms with Crippen LogP contribution in [-0.2, 0) is 0 Å². The second-order valence-corrected chi connectivity index (χ2v) is 4.20. The van der Waals surface area contributed by atoms with Gasteiger partial charge in [-0.3, -0.25) is 0 Å². The Morgan fingerprint density at radius 1 is 1.40 bits per heavy atom. The van der Waals surface area contributed by atoms with Gasteiger partial charge in [0.25, 0.3) is 0 Å². The van der Waals surface area contributed by atoms with E-state index >= 15 is 0 Å². The summed E-state index contributed by atoms with van der Waals surface area (Å²) in [5.41, 5.74) is 5.65. The highest BCUT2D eigenvalue weighted by Gasteiger charge is 2.29. The second kappa shape index (κ2) is 3.60. The van der Waals surface area contributed by atoms with Crippen LogP contribution in [0.2, 0.25) is 0 Å². The molecule has 10 heavy (non-hydrogen) atoms. The normalized spacial score (nSPS) is 24.6. The molecule has 1 aliphatic heterocycles. The fraction of sp³-hybridized carbons (Fsp3) is 1.00. The number of hydrogen-bond acceptors (Lipinski definition) is 3. The molecule has 1 rings (SSSR count). The van der Waals surface area contributed by atoms with Gasteiger partial charge in [0.05, 0.1) is 0 Å². The first-order valence-electron chi connectivity index (χ1n) is 3.72. The molecule has 0 aromatic carbocycles. The Kier molecular flexibility index (Phi) is 3.01. The third-order valence-corrected chi connectivity index (χ3v) is 3.31. The molecule has 1 heterocycles. The predicted molar refractivity (Wildman–Crippen MR) is 45.1 cm³/mol. The molecular weight excluding hydrogens is 146 g/mol. The van der Waals surface area contributed by atoms with Gasteiger partial charge in [-0.1, -0.05) is 0 Å². The molecule has 0 spiro atoms. The van der Waals surface area contributed by atoms with Gasteiger partial charge in [-0.2, -0.15) is 11.8 Å². The first-order valence-corrected chi connectivity index (χ1v) is 4.87. The summed E-state index contributed by atoms with van der Waals surface area (Å²) >= 11 is 1.96. The highest BCUT2D eigenvalue weighted by molar-refractivity contribution is 7.99. The minimum atomic E-state index is 0.0747. The highest BCUT2D eigenvalue weighted by atomic mass is 32.2. The van der Waals surface area contributed by atoms with Gasteiger partial charge in [0.1, 0.15) is 0 Å². The number of hydrogen-bond donors (Lipinski definition) is 2. The molecule has 1 fully saturated rings. The van der Waals surface area contributed by atoms with Crippen LogP contribution in [0.15, 0.2) is 0 Å². The maximum atomic E-state index is 9.05. The largest absolute Gasteiger partial charge is 0.396 e. The van der Waals surface area contributed by atoms with Crippen molar-refractivity contribution in [3.8, 4) is 0 Å². The van der Waals surface area contributed by atoms with Crippen molar-refractivity contribution in [3.05, 3.63) is 0 Å². The Hall–Kier alpha value is 0.270. The topological polar surface area (TPSA) is 46.2 Å². The van der Waals surface area contributed by atoms with Crippen molar-refractivity contribution < 1.29 is 5.11 Å². The standard InChI is InChI=1S/C7H15NOS/c8-5-7(6-9)1-3-10-4-2-7/h9H,1-6,8H2. The summed E-state index contributed by atoms with van der Waals surface area (Å²) in [5.74, 6) is 2.33. The van der Waals surface area contributed by atoms with Crippen LogP contribution >= 0.6 is 11.8 Å². The van der Waals surface area contributed by atoms with Gasteiger partial charge in [-0.05, 0) is 24.3 Å². The Balaban J connectivity index is 2.44. The van der Waals surface area contributed by atoms with Gasteiger partial charge in [-0.25, -0.2) is 0 Å². The lowest BCUT2D eigenvalue weighted by Crippen LogP contribution is -2.37. The summed E-state index contributed by atoms with van der Waals surface area (Å²) < 4.78 is 0. The molecule has 2 nitrogen and oxygen atoms in total. The van der Waals surface area contributed by atoms with Crippen molar-refractivity contribution >= 4 is 11.8 Å². The van der Waals surface area contributed by atoms with Crippen LogP contribution in [0.4, 0.5) is 0 Å². The molecule has 0 radical (unpaired) electrons. The molecular formula is C7H15NOS. The van der Waals surface area contributed by atoms with E-state index in [9.17, 15) is 0 Å². The van der Waals surface area contributed by atoms with E-state index in [1.807, 2.05) is 11.8 Å². The van der Waals surface area contributed by atoms with Crippen molar-refractivity contribution in [3.63, 3.8) is 0 Å². The van der Waals surface area contributed by atoms with Crippen LogP contribution in [0.25, 0.3) is 0 Å². The van der Waals surface area contributed by atoms with E-state index in [-0.39, 0.29) is 12.0 Å². The summed E-state index contributed by atoms with van der Waals surface area (Å²) in [5, 5.41) is 9.05. The molecule has 1 aliphatic rings. The molecule has 0 atom stereocenters. The predicted octanol–water partition coefficient (Wildman–Crippen LogP) is 0.451. The van der Waals surface area contributed by atoms with E-state index in [2.05, 4.69) is 0 Å². The van der Waals surface area contributed by atoms with E-state index in [0.717, 1.165) is 24.3 Å². The summed E-state index contributed by atoms with van der Waals surface area (Å²) in [6.45, 7) is 0.911. The zero-order chi connectivity index (χ0) is 7.45. The van der Waals surface area contributed by atoms with Crippen molar-refractivity contribution in [2.45, 2.75) is 12.8 Å². The van der Waals surface area contributed by atoms with Crippen molar-refractivity contribution in [1.29, 1.82) is 0 Å². The Bertz CT molecular complexity index is 95.8. The summed E-state index contributed by atoms with van der Waals surface area (Å²) in [7, 11) is 0. The summed E-state index contributed by atoms with van der Waals surface area (Å²) in [6, 6.07) is 0. The minimum Gasteiger partial charge on any atom is -0.396 e. The highest BCUT2D eigenvalue weighted by Crippen LogP contribution is 2.33. The van der Waals surface area contributed by atoms with E-state index < -0.39 is 0 Å². The van der Waals surface area contributed by atoms with E-state index in [0.29, 0.717) is 6.54 Å². The Labute approximate surface area is 66.2 Å². The molecule has 3 heteroatoms. The average molecular weight is 161 g/mol. The monoisotopic (exact) mass is 161 g/mol. The van der Waals surface area contributed by atoms with Gasteiger partial charge >= 0.3 is 0 Å². The lowest BCUT2D eigenvalue weighted by atomic mass is 9.83. The third-order valence-electron chi connectivity index (χ3n) is 2.32. The van der Waals surface area contributed by atoms with Gasteiger partial charge in [0, 0.05) is 18.6 Å². The van der Waals surface area contributed by atoms with E-state index in [4.69, 9.17) is 10.8 Å². The fourth-order valence-electron chi connectivity index (χ4n) is 1.23. The zero-order valence-corrected chi connectivity index (χ0v) is 6.99. The Morgan fingerprint density at radius 3 is 2.30 bits per heavy atom. The minimum absolute atomic E-state index is 0.0747. The molecule has 60 valence electrons. The Morgan fingerprint density at radius 2 is 2.00 bits per heavy atom. The smallest absolute Gasteiger partial charge is 0.0500 e. The number of rotatable bonds is 2. The van der Waals surface area contributed by atoms with Crippen LogP contribution in [-0.4, -0.2) is 29.8 Å². The number of thioether (sulfide) groups is 1. The van der Waals surface area contributed by atoms with Crippen LogP contribution in [0.1, 0.15) is 12.8 Å². The van der Waals surface area contributed by atoms with Crippen molar-refractivity contribution in [1.82, 2.24) is 0 Å². The molecule has 0 aromatic rings. The second-order valence-electron chi connectivity index (χ2n) is 2.97. The van der Waals surface area contributed by atoms with Gasteiger partial charge < -0.3 is 10.8 Å².